The van der Waals surface area contributed by atoms with Crippen LogP contribution < -0.4 is 11.1 Å². The van der Waals surface area contributed by atoms with Gasteiger partial charge in [-0.05, 0) is 5.56 Å². The van der Waals surface area contributed by atoms with E-state index in [1.54, 1.807) is 19.1 Å². The van der Waals surface area contributed by atoms with Gasteiger partial charge in [0.15, 0.2) is 6.04 Å². The van der Waals surface area contributed by atoms with Crippen LogP contribution in [0.25, 0.3) is 0 Å². The quantitative estimate of drug-likeness (QED) is 0.730. The average Bonchev–Trinajstić information content (AvgIpc) is 2.26. The zero-order valence-corrected chi connectivity index (χ0v) is 8.69. The monoisotopic (exact) mass is 207 g/mol. The predicted molar refractivity (Wildman–Crippen MR) is 55.5 cm³/mol. The zero-order valence-electron chi connectivity index (χ0n) is 8.69. The van der Waals surface area contributed by atoms with Crippen LogP contribution in [-0.4, -0.2) is 11.8 Å². The van der Waals surface area contributed by atoms with Gasteiger partial charge in [0.1, 0.15) is 0 Å². The number of rotatable bonds is 4. The molecule has 15 heavy (non-hydrogen) atoms. The van der Waals surface area contributed by atoms with Crippen LogP contribution in [0.15, 0.2) is 30.3 Å². The number of hydrogen-bond donors (Lipinski definition) is 2. The smallest absolute Gasteiger partial charge is 0.335 e. The standard InChI is InChI=1S/C11H14N2O2/c1-2-9(14)13-10(11(12)15)8-6-4-3-5-7-8/h3-7,10H,2H2,1H3,(H2,12,15)(H,13,14)/p+1. The highest BCUT2D eigenvalue weighted by molar-refractivity contribution is 5.83. The highest BCUT2D eigenvalue weighted by atomic mass is 16.2. The van der Waals surface area contributed by atoms with Crippen molar-refractivity contribution in [1.29, 1.82) is 0 Å². The largest absolute Gasteiger partial charge is 0.337 e. The van der Waals surface area contributed by atoms with Gasteiger partial charge >= 0.3 is 5.91 Å². The average molecular weight is 207 g/mol. The predicted octanol–water partition coefficient (Wildman–Crippen LogP) is 0.0224. The molecular formula is C11H15N2O2+. The van der Waals surface area contributed by atoms with E-state index >= 15 is 0 Å². The number of nitrogens with one attached hydrogen (secondary N) is 1. The molecule has 0 heterocycles. The van der Waals surface area contributed by atoms with E-state index in [4.69, 9.17) is 0 Å². The van der Waals surface area contributed by atoms with Gasteiger partial charge < -0.3 is 5.32 Å². The summed E-state index contributed by atoms with van der Waals surface area (Å²) in [5, 5.41) is 2.63. The van der Waals surface area contributed by atoms with Crippen LogP contribution in [0.2, 0.25) is 0 Å². The molecule has 0 aromatic heterocycles. The summed E-state index contributed by atoms with van der Waals surface area (Å²) in [6.45, 7) is 1.74. The minimum Gasteiger partial charge on any atom is -0.337 e. The Labute approximate surface area is 88.5 Å². The Kier molecular flexibility index (Phi) is 4.00. The third-order valence-corrected chi connectivity index (χ3v) is 2.08. The fourth-order valence-corrected chi connectivity index (χ4v) is 1.26. The van der Waals surface area contributed by atoms with Gasteiger partial charge in [0.05, 0.1) is 0 Å². The van der Waals surface area contributed by atoms with E-state index < -0.39 is 6.04 Å². The van der Waals surface area contributed by atoms with E-state index in [1.807, 2.05) is 18.2 Å². The van der Waals surface area contributed by atoms with Crippen LogP contribution >= 0.6 is 0 Å². The molecule has 4 N–H and O–H groups in total. The molecule has 1 aromatic carbocycles. The maximum atomic E-state index is 11.3. The molecule has 0 spiro atoms. The molecular weight excluding hydrogens is 192 g/mol. The van der Waals surface area contributed by atoms with E-state index in [1.165, 1.54) is 0 Å². The van der Waals surface area contributed by atoms with Gasteiger partial charge in [-0.3, -0.25) is 10.5 Å². The fraction of sp³-hybridized carbons (Fsp3) is 0.273. The molecule has 1 rings (SSSR count). The normalized spacial score (nSPS) is 11.9. The maximum Gasteiger partial charge on any atom is 0.335 e. The molecule has 2 amide bonds. The Bertz CT molecular complexity index is 349. The van der Waals surface area contributed by atoms with Gasteiger partial charge in [0.2, 0.25) is 5.91 Å². The lowest BCUT2D eigenvalue weighted by atomic mass is 10.1. The Balaban J connectivity index is 2.84. The Morgan fingerprint density at radius 1 is 1.33 bits per heavy atom. The highest BCUT2D eigenvalue weighted by Gasteiger charge is 2.21. The minimum absolute atomic E-state index is 0.152. The topological polar surface area (TPSA) is 73.8 Å². The van der Waals surface area contributed by atoms with Crippen LogP contribution in [0, 0.1) is 0 Å². The summed E-state index contributed by atoms with van der Waals surface area (Å²) >= 11 is 0. The number of quaternary nitrogens is 1. The van der Waals surface area contributed by atoms with Crippen molar-refractivity contribution in [3.8, 4) is 0 Å². The van der Waals surface area contributed by atoms with E-state index in [0.29, 0.717) is 6.42 Å². The van der Waals surface area contributed by atoms with Crippen LogP contribution in [0.4, 0.5) is 0 Å². The Morgan fingerprint density at radius 2 is 1.93 bits per heavy atom. The minimum atomic E-state index is -0.626. The van der Waals surface area contributed by atoms with Crippen molar-refractivity contribution in [2.24, 2.45) is 0 Å². The third kappa shape index (κ3) is 3.18. The van der Waals surface area contributed by atoms with Crippen LogP contribution in [0.3, 0.4) is 0 Å². The third-order valence-electron chi connectivity index (χ3n) is 2.08. The molecule has 0 aliphatic heterocycles. The number of carbonyl (C=O) groups is 2. The molecule has 1 unspecified atom stereocenters. The summed E-state index contributed by atoms with van der Waals surface area (Å²) in [5.41, 5.74) is 4.11. The van der Waals surface area contributed by atoms with E-state index in [-0.39, 0.29) is 11.8 Å². The second kappa shape index (κ2) is 5.26. The lowest BCUT2D eigenvalue weighted by Gasteiger charge is -2.12. The summed E-state index contributed by atoms with van der Waals surface area (Å²) in [5.74, 6) is -0.455. The molecule has 80 valence electrons. The second-order valence-electron chi connectivity index (χ2n) is 3.23. The molecule has 0 saturated carbocycles. The number of benzene rings is 1. The van der Waals surface area contributed by atoms with Crippen LogP contribution in [0.1, 0.15) is 24.9 Å². The zero-order chi connectivity index (χ0) is 11.3. The van der Waals surface area contributed by atoms with Crippen molar-refractivity contribution >= 4 is 11.8 Å². The first kappa shape index (κ1) is 11.4. The van der Waals surface area contributed by atoms with Gasteiger partial charge in [-0.25, -0.2) is 4.79 Å². The summed E-state index contributed by atoms with van der Waals surface area (Å²) in [6.07, 6.45) is 0.358. The van der Waals surface area contributed by atoms with Gasteiger partial charge in [-0.1, -0.05) is 37.3 Å². The highest BCUT2D eigenvalue weighted by Crippen LogP contribution is 2.11. The van der Waals surface area contributed by atoms with Crippen molar-refractivity contribution in [1.82, 2.24) is 5.32 Å². The molecule has 4 heteroatoms. The molecule has 0 aliphatic carbocycles. The fourth-order valence-electron chi connectivity index (χ4n) is 1.26. The lowest BCUT2D eigenvalue weighted by Crippen LogP contribution is -2.62. The first-order valence-electron chi connectivity index (χ1n) is 4.85. The van der Waals surface area contributed by atoms with Gasteiger partial charge in [0.25, 0.3) is 0 Å². The SMILES string of the molecule is CCC(=O)NC(C([NH3+])=O)c1ccccc1. The number of amides is 2. The molecule has 0 bridgehead atoms. The molecule has 1 atom stereocenters. The molecule has 0 fully saturated rings. The van der Waals surface area contributed by atoms with E-state index in [0.717, 1.165) is 5.56 Å². The van der Waals surface area contributed by atoms with E-state index in [9.17, 15) is 9.59 Å². The van der Waals surface area contributed by atoms with Gasteiger partial charge in [-0.2, -0.15) is 0 Å². The van der Waals surface area contributed by atoms with E-state index in [2.05, 4.69) is 11.1 Å². The lowest BCUT2D eigenvalue weighted by molar-refractivity contribution is -0.308. The molecule has 0 aliphatic rings. The molecule has 4 nitrogen and oxygen atoms in total. The number of hydrogen-bond acceptors (Lipinski definition) is 2. The number of carbonyl (C=O) groups excluding carboxylic acids is 2. The van der Waals surface area contributed by atoms with Gasteiger partial charge in [-0.15, -0.1) is 0 Å². The Morgan fingerprint density at radius 3 is 2.40 bits per heavy atom. The summed E-state index contributed by atoms with van der Waals surface area (Å²) in [7, 11) is 0. The summed E-state index contributed by atoms with van der Waals surface area (Å²) in [6, 6.07) is 8.47. The Hall–Kier alpha value is -1.68. The van der Waals surface area contributed by atoms with Crippen LogP contribution in [0.5, 0.6) is 0 Å². The van der Waals surface area contributed by atoms with Crippen molar-refractivity contribution in [2.45, 2.75) is 19.4 Å². The summed E-state index contributed by atoms with van der Waals surface area (Å²) in [4.78, 5) is 22.5. The van der Waals surface area contributed by atoms with Crippen molar-refractivity contribution in [3.05, 3.63) is 35.9 Å². The van der Waals surface area contributed by atoms with Crippen molar-refractivity contribution in [3.63, 3.8) is 0 Å². The second-order valence-corrected chi connectivity index (χ2v) is 3.23. The first-order valence-corrected chi connectivity index (χ1v) is 4.85. The van der Waals surface area contributed by atoms with Gasteiger partial charge in [0, 0.05) is 6.42 Å². The van der Waals surface area contributed by atoms with Crippen molar-refractivity contribution < 1.29 is 15.3 Å². The summed E-state index contributed by atoms with van der Waals surface area (Å²) < 4.78 is 0. The molecule has 1 aromatic rings. The first-order chi connectivity index (χ1) is 7.15. The molecule has 0 saturated heterocycles. The maximum absolute atomic E-state index is 11.3. The molecule has 0 radical (unpaired) electrons. The van der Waals surface area contributed by atoms with Crippen molar-refractivity contribution in [2.75, 3.05) is 0 Å². The van der Waals surface area contributed by atoms with Crippen LogP contribution in [-0.2, 0) is 9.59 Å².